The van der Waals surface area contributed by atoms with Crippen molar-refractivity contribution in [2.45, 2.75) is 19.4 Å². The van der Waals surface area contributed by atoms with Gasteiger partial charge in [-0.15, -0.1) is 0 Å². The zero-order valence-electron chi connectivity index (χ0n) is 9.39. The minimum absolute atomic E-state index is 0.139. The van der Waals surface area contributed by atoms with Crippen molar-refractivity contribution in [3.63, 3.8) is 0 Å². The van der Waals surface area contributed by atoms with Crippen molar-refractivity contribution >= 4 is 0 Å². The third kappa shape index (κ3) is 3.48. The van der Waals surface area contributed by atoms with E-state index in [1.807, 2.05) is 12.1 Å². The summed E-state index contributed by atoms with van der Waals surface area (Å²) in [7, 11) is 0. The summed E-state index contributed by atoms with van der Waals surface area (Å²) >= 11 is 0. The molecule has 0 aromatic heterocycles. The number of rotatable bonds is 6. The number of aromatic hydroxyl groups is 1. The van der Waals surface area contributed by atoms with Crippen LogP contribution < -0.4 is 11.5 Å². The molecule has 0 heterocycles. The largest absolute Gasteiger partial charge is 0.508 e. The van der Waals surface area contributed by atoms with Crippen LogP contribution in [0.4, 0.5) is 0 Å². The molecule has 0 bridgehead atoms. The van der Waals surface area contributed by atoms with Crippen molar-refractivity contribution in [1.29, 1.82) is 0 Å². The molecule has 0 saturated carbocycles. The Kier molecular flexibility index (Phi) is 5.25. The summed E-state index contributed by atoms with van der Waals surface area (Å²) in [6, 6.07) is 5.29. The number of hydrogen-bond donors (Lipinski definition) is 4. The highest BCUT2D eigenvalue weighted by Crippen LogP contribution is 2.19. The average Bonchev–Trinajstić information content (AvgIpc) is 2.32. The molecule has 0 aliphatic heterocycles. The molecule has 1 rings (SSSR count). The van der Waals surface area contributed by atoms with Gasteiger partial charge in [0.2, 0.25) is 0 Å². The van der Waals surface area contributed by atoms with Crippen LogP contribution in [-0.2, 0) is 13.0 Å². The highest BCUT2D eigenvalue weighted by Gasteiger charge is 2.06. The molecule has 90 valence electrons. The van der Waals surface area contributed by atoms with Crippen molar-refractivity contribution in [2.75, 3.05) is 13.1 Å². The van der Waals surface area contributed by atoms with Crippen LogP contribution in [0.2, 0.25) is 0 Å². The summed E-state index contributed by atoms with van der Waals surface area (Å²) in [4.78, 5) is 0. The number of hydrogen-bond acceptors (Lipinski definition) is 4. The molecule has 1 aromatic rings. The number of aryl methyl sites for hydroxylation is 1. The number of nitrogens with two attached hydrogens (primary N) is 2. The lowest BCUT2D eigenvalue weighted by Gasteiger charge is -2.12. The van der Waals surface area contributed by atoms with Crippen molar-refractivity contribution < 1.29 is 10.2 Å². The lowest BCUT2D eigenvalue weighted by Crippen LogP contribution is -2.23. The lowest BCUT2D eigenvalue weighted by molar-refractivity contribution is 0.275. The highest BCUT2D eigenvalue weighted by atomic mass is 16.3. The molecular formula is C12H20N2O2. The van der Waals surface area contributed by atoms with Crippen LogP contribution in [0.15, 0.2) is 18.2 Å². The Morgan fingerprint density at radius 1 is 1.19 bits per heavy atom. The summed E-state index contributed by atoms with van der Waals surface area (Å²) in [6.07, 6.45) is 1.80. The fourth-order valence-electron chi connectivity index (χ4n) is 1.62. The van der Waals surface area contributed by atoms with Gasteiger partial charge in [-0.05, 0) is 49.5 Å². The van der Waals surface area contributed by atoms with Gasteiger partial charge in [0.15, 0.2) is 0 Å². The van der Waals surface area contributed by atoms with Gasteiger partial charge < -0.3 is 21.7 Å². The predicted molar refractivity (Wildman–Crippen MR) is 63.9 cm³/mol. The van der Waals surface area contributed by atoms with Crippen molar-refractivity contribution in [3.05, 3.63) is 29.3 Å². The van der Waals surface area contributed by atoms with Crippen LogP contribution in [0.5, 0.6) is 5.75 Å². The van der Waals surface area contributed by atoms with Gasteiger partial charge in [0, 0.05) is 5.56 Å². The van der Waals surface area contributed by atoms with Crippen LogP contribution in [0, 0.1) is 5.92 Å². The van der Waals surface area contributed by atoms with Gasteiger partial charge in [-0.25, -0.2) is 0 Å². The Labute approximate surface area is 95.9 Å². The summed E-state index contributed by atoms with van der Waals surface area (Å²) in [6.45, 7) is 1.06. The first kappa shape index (κ1) is 13.0. The maximum absolute atomic E-state index is 9.40. The van der Waals surface area contributed by atoms with Gasteiger partial charge in [-0.3, -0.25) is 0 Å². The smallest absolute Gasteiger partial charge is 0.121 e. The molecular weight excluding hydrogens is 204 g/mol. The van der Waals surface area contributed by atoms with Crippen molar-refractivity contribution in [1.82, 2.24) is 0 Å². The zero-order chi connectivity index (χ0) is 12.0. The second-order valence-electron chi connectivity index (χ2n) is 4.00. The van der Waals surface area contributed by atoms with E-state index in [2.05, 4.69) is 0 Å². The minimum atomic E-state index is -0.142. The van der Waals surface area contributed by atoms with E-state index in [-0.39, 0.29) is 12.4 Å². The Morgan fingerprint density at radius 2 is 1.88 bits per heavy atom. The molecule has 0 radical (unpaired) electrons. The third-order valence-corrected chi connectivity index (χ3v) is 2.82. The van der Waals surface area contributed by atoms with Gasteiger partial charge >= 0.3 is 0 Å². The molecule has 16 heavy (non-hydrogen) atoms. The Morgan fingerprint density at radius 3 is 2.44 bits per heavy atom. The van der Waals surface area contributed by atoms with E-state index in [9.17, 15) is 5.11 Å². The molecule has 4 heteroatoms. The lowest BCUT2D eigenvalue weighted by atomic mass is 9.98. The predicted octanol–water partition coefficient (Wildman–Crippen LogP) is 0.351. The maximum Gasteiger partial charge on any atom is 0.121 e. The zero-order valence-corrected chi connectivity index (χ0v) is 9.39. The van der Waals surface area contributed by atoms with Crippen LogP contribution in [0.1, 0.15) is 17.5 Å². The molecule has 0 unspecified atom stereocenters. The molecule has 0 aliphatic rings. The molecule has 0 spiro atoms. The monoisotopic (exact) mass is 224 g/mol. The number of aliphatic hydroxyl groups is 1. The molecule has 0 aliphatic carbocycles. The highest BCUT2D eigenvalue weighted by molar-refractivity contribution is 5.35. The van der Waals surface area contributed by atoms with E-state index in [1.165, 1.54) is 0 Å². The maximum atomic E-state index is 9.40. The van der Waals surface area contributed by atoms with Gasteiger partial charge in [0.1, 0.15) is 5.75 Å². The Bertz CT molecular complexity index is 325. The summed E-state index contributed by atoms with van der Waals surface area (Å²) in [5.74, 6) is 0.479. The Hall–Kier alpha value is -1.10. The van der Waals surface area contributed by atoms with Gasteiger partial charge in [0.25, 0.3) is 0 Å². The molecule has 0 amide bonds. The van der Waals surface area contributed by atoms with E-state index in [0.29, 0.717) is 24.6 Å². The number of aliphatic hydroxyl groups excluding tert-OH is 1. The van der Waals surface area contributed by atoms with Gasteiger partial charge in [-0.1, -0.05) is 6.07 Å². The fraction of sp³-hybridized carbons (Fsp3) is 0.500. The summed E-state index contributed by atoms with van der Waals surface area (Å²) in [5.41, 5.74) is 12.8. The molecule has 4 nitrogen and oxygen atoms in total. The van der Waals surface area contributed by atoms with E-state index in [4.69, 9.17) is 16.6 Å². The standard InChI is InChI=1S/C12H20N2O2/c13-6-10(7-14)2-1-9-3-4-12(16)11(5-9)8-15/h3-5,10,15-16H,1-2,6-8,13-14H2. The number of phenols is 1. The van der Waals surface area contributed by atoms with Crippen LogP contribution in [0.25, 0.3) is 0 Å². The minimum Gasteiger partial charge on any atom is -0.508 e. The SMILES string of the molecule is NCC(CN)CCc1ccc(O)c(CO)c1. The first-order valence-electron chi connectivity index (χ1n) is 5.53. The summed E-state index contributed by atoms with van der Waals surface area (Å²) in [5, 5.41) is 18.4. The average molecular weight is 224 g/mol. The first-order chi connectivity index (χ1) is 7.71. The second-order valence-corrected chi connectivity index (χ2v) is 4.00. The topological polar surface area (TPSA) is 92.5 Å². The molecule has 0 atom stereocenters. The number of benzene rings is 1. The normalized spacial score (nSPS) is 11.0. The van der Waals surface area contributed by atoms with Gasteiger partial charge in [0.05, 0.1) is 6.61 Å². The van der Waals surface area contributed by atoms with Crippen LogP contribution in [0.3, 0.4) is 0 Å². The van der Waals surface area contributed by atoms with E-state index in [0.717, 1.165) is 18.4 Å². The van der Waals surface area contributed by atoms with E-state index < -0.39 is 0 Å². The van der Waals surface area contributed by atoms with E-state index >= 15 is 0 Å². The third-order valence-electron chi connectivity index (χ3n) is 2.82. The van der Waals surface area contributed by atoms with Crippen LogP contribution >= 0.6 is 0 Å². The van der Waals surface area contributed by atoms with Crippen molar-refractivity contribution in [2.24, 2.45) is 17.4 Å². The quantitative estimate of drug-likeness (QED) is 0.561. The van der Waals surface area contributed by atoms with E-state index in [1.54, 1.807) is 6.07 Å². The van der Waals surface area contributed by atoms with Crippen LogP contribution in [-0.4, -0.2) is 23.3 Å². The first-order valence-corrected chi connectivity index (χ1v) is 5.53. The fourth-order valence-corrected chi connectivity index (χ4v) is 1.62. The molecule has 6 N–H and O–H groups in total. The van der Waals surface area contributed by atoms with Gasteiger partial charge in [-0.2, -0.15) is 0 Å². The Balaban J connectivity index is 2.60. The van der Waals surface area contributed by atoms with Crippen molar-refractivity contribution in [3.8, 4) is 5.75 Å². The second kappa shape index (κ2) is 6.48. The molecule has 0 fully saturated rings. The summed E-state index contributed by atoms with van der Waals surface area (Å²) < 4.78 is 0. The molecule has 0 saturated heterocycles. The molecule has 1 aromatic carbocycles.